The summed E-state index contributed by atoms with van der Waals surface area (Å²) in [4.78, 5) is 14.2. The van der Waals surface area contributed by atoms with E-state index in [2.05, 4.69) is 4.98 Å². The highest BCUT2D eigenvalue weighted by Gasteiger charge is 2.20. The molecule has 0 bridgehead atoms. The molecule has 3 nitrogen and oxygen atoms in total. The van der Waals surface area contributed by atoms with Crippen LogP contribution in [0.3, 0.4) is 0 Å². The minimum Gasteiger partial charge on any atom is -0.481 e. The van der Waals surface area contributed by atoms with Gasteiger partial charge in [0.1, 0.15) is 0 Å². The van der Waals surface area contributed by atoms with Crippen LogP contribution in [0.2, 0.25) is 5.02 Å². The number of carbonyl (C=O) groups is 1. The van der Waals surface area contributed by atoms with E-state index in [9.17, 15) is 13.6 Å². The second-order valence-electron chi connectivity index (χ2n) is 2.97. The van der Waals surface area contributed by atoms with Gasteiger partial charge in [-0.2, -0.15) is 0 Å². The van der Waals surface area contributed by atoms with Gasteiger partial charge in [-0.3, -0.25) is 9.78 Å². The quantitative estimate of drug-likeness (QED) is 0.876. The highest BCUT2D eigenvalue weighted by atomic mass is 35.5. The maximum absolute atomic E-state index is 12.6. The minimum atomic E-state index is -2.80. The fourth-order valence-corrected chi connectivity index (χ4v) is 1.43. The van der Waals surface area contributed by atoms with E-state index in [4.69, 9.17) is 16.7 Å². The molecule has 1 heterocycles. The molecule has 0 aliphatic carbocycles. The molecule has 0 aromatic carbocycles. The zero-order chi connectivity index (χ0) is 11.6. The van der Waals surface area contributed by atoms with Crippen LogP contribution in [0.5, 0.6) is 0 Å². The Hall–Kier alpha value is -1.23. The zero-order valence-corrected chi connectivity index (χ0v) is 8.55. The van der Waals surface area contributed by atoms with Crippen LogP contribution in [0.4, 0.5) is 8.78 Å². The normalized spacial score (nSPS) is 10.7. The van der Waals surface area contributed by atoms with E-state index >= 15 is 0 Å². The lowest BCUT2D eigenvalue weighted by atomic mass is 10.1. The lowest BCUT2D eigenvalue weighted by Gasteiger charge is -2.10. The summed E-state index contributed by atoms with van der Waals surface area (Å²) >= 11 is 5.64. The number of hydrogen-bond acceptors (Lipinski definition) is 2. The van der Waals surface area contributed by atoms with E-state index in [0.29, 0.717) is 0 Å². The van der Waals surface area contributed by atoms with Gasteiger partial charge in [0.25, 0.3) is 6.43 Å². The van der Waals surface area contributed by atoms with Crippen molar-refractivity contribution in [2.75, 3.05) is 0 Å². The molecule has 0 aliphatic heterocycles. The molecule has 0 fully saturated rings. The largest absolute Gasteiger partial charge is 0.481 e. The molecule has 0 unspecified atom stereocenters. The molecule has 1 rings (SSSR count). The van der Waals surface area contributed by atoms with Crippen LogP contribution in [0.25, 0.3) is 0 Å². The van der Waals surface area contributed by atoms with Gasteiger partial charge in [-0.05, 0) is 12.5 Å². The second-order valence-corrected chi connectivity index (χ2v) is 3.35. The highest BCUT2D eigenvalue weighted by Crippen LogP contribution is 2.31. The Bertz CT molecular complexity index is 396. The summed E-state index contributed by atoms with van der Waals surface area (Å²) in [7, 11) is 0. The Morgan fingerprint density at radius 2 is 2.27 bits per heavy atom. The number of aliphatic carboxylic acids is 1. The van der Waals surface area contributed by atoms with Crippen LogP contribution in [0, 0.1) is 6.92 Å². The predicted octanol–water partition coefficient (Wildman–Crippen LogP) is 2.61. The molecule has 15 heavy (non-hydrogen) atoms. The molecule has 0 aliphatic rings. The van der Waals surface area contributed by atoms with Crippen molar-refractivity contribution in [2.45, 2.75) is 19.8 Å². The van der Waals surface area contributed by atoms with E-state index < -0.39 is 24.4 Å². The van der Waals surface area contributed by atoms with Gasteiger partial charge in [-0.1, -0.05) is 11.6 Å². The zero-order valence-electron chi connectivity index (χ0n) is 7.80. The monoisotopic (exact) mass is 235 g/mol. The summed E-state index contributed by atoms with van der Waals surface area (Å²) in [5.74, 6) is -1.20. The molecule has 0 radical (unpaired) electrons. The number of alkyl halides is 2. The molecule has 0 saturated carbocycles. The molecule has 0 atom stereocenters. The number of pyridine rings is 1. The Morgan fingerprint density at radius 1 is 1.67 bits per heavy atom. The number of hydrogen-bond donors (Lipinski definition) is 1. The van der Waals surface area contributed by atoms with E-state index in [-0.39, 0.29) is 16.3 Å². The van der Waals surface area contributed by atoms with Crippen LogP contribution >= 0.6 is 11.6 Å². The second kappa shape index (κ2) is 4.53. The average Bonchev–Trinajstić information content (AvgIpc) is 2.10. The topological polar surface area (TPSA) is 50.2 Å². The van der Waals surface area contributed by atoms with Crippen molar-refractivity contribution in [1.82, 2.24) is 4.98 Å². The smallest absolute Gasteiger partial charge is 0.307 e. The van der Waals surface area contributed by atoms with Crippen molar-refractivity contribution in [3.8, 4) is 0 Å². The third-order valence-corrected chi connectivity index (χ3v) is 2.35. The first kappa shape index (κ1) is 11.8. The number of aryl methyl sites for hydroxylation is 1. The Kier molecular flexibility index (Phi) is 3.57. The molecular weight excluding hydrogens is 228 g/mol. The standard InChI is InChI=1S/C9H8ClF2NO2/c1-4-8(10)7(9(11)12)5(3-13-4)2-6(14)15/h3,9H,2H2,1H3,(H,14,15). The first-order valence-electron chi connectivity index (χ1n) is 4.07. The molecule has 0 spiro atoms. The Balaban J connectivity index is 3.26. The minimum absolute atomic E-state index is 0.0481. The molecule has 6 heteroatoms. The van der Waals surface area contributed by atoms with Gasteiger partial charge in [0.15, 0.2) is 0 Å². The van der Waals surface area contributed by atoms with Gasteiger partial charge in [-0.15, -0.1) is 0 Å². The summed E-state index contributed by atoms with van der Waals surface area (Å²) < 4.78 is 25.2. The van der Waals surface area contributed by atoms with Gasteiger partial charge in [0.05, 0.1) is 17.1 Å². The summed E-state index contributed by atoms with van der Waals surface area (Å²) in [6.45, 7) is 1.48. The predicted molar refractivity (Wildman–Crippen MR) is 50.3 cm³/mol. The third kappa shape index (κ3) is 2.62. The van der Waals surface area contributed by atoms with E-state index in [1.165, 1.54) is 6.92 Å². The van der Waals surface area contributed by atoms with E-state index in [1.54, 1.807) is 0 Å². The first-order chi connectivity index (χ1) is 6.93. The molecule has 1 N–H and O–H groups in total. The lowest BCUT2D eigenvalue weighted by Crippen LogP contribution is -2.06. The molecular formula is C9H8ClF2NO2. The van der Waals surface area contributed by atoms with E-state index in [1.807, 2.05) is 0 Å². The Morgan fingerprint density at radius 3 is 2.73 bits per heavy atom. The number of rotatable bonds is 3. The van der Waals surface area contributed by atoms with E-state index in [0.717, 1.165) is 6.20 Å². The summed E-state index contributed by atoms with van der Waals surface area (Å²) in [6.07, 6.45) is -2.18. The van der Waals surface area contributed by atoms with Gasteiger partial charge in [0.2, 0.25) is 0 Å². The van der Waals surface area contributed by atoms with Crippen molar-refractivity contribution >= 4 is 17.6 Å². The van der Waals surface area contributed by atoms with Gasteiger partial charge in [-0.25, -0.2) is 8.78 Å². The number of carboxylic acids is 1. The number of carboxylic acid groups (broad SMARTS) is 1. The van der Waals surface area contributed by atoms with Crippen LogP contribution < -0.4 is 0 Å². The third-order valence-electron chi connectivity index (χ3n) is 1.87. The highest BCUT2D eigenvalue weighted by molar-refractivity contribution is 6.32. The Labute approximate surface area is 89.7 Å². The first-order valence-corrected chi connectivity index (χ1v) is 4.45. The van der Waals surface area contributed by atoms with Gasteiger partial charge >= 0.3 is 5.97 Å². The van der Waals surface area contributed by atoms with Crippen molar-refractivity contribution < 1.29 is 18.7 Å². The van der Waals surface area contributed by atoms with Crippen LogP contribution in [-0.4, -0.2) is 16.1 Å². The lowest BCUT2D eigenvalue weighted by molar-refractivity contribution is -0.136. The fraction of sp³-hybridized carbons (Fsp3) is 0.333. The molecule has 82 valence electrons. The van der Waals surface area contributed by atoms with Gasteiger partial charge < -0.3 is 5.11 Å². The fourth-order valence-electron chi connectivity index (χ4n) is 1.18. The average molecular weight is 236 g/mol. The van der Waals surface area contributed by atoms with Crippen molar-refractivity contribution in [3.63, 3.8) is 0 Å². The van der Waals surface area contributed by atoms with Crippen molar-refractivity contribution in [1.29, 1.82) is 0 Å². The van der Waals surface area contributed by atoms with Crippen LogP contribution in [0.15, 0.2) is 6.20 Å². The SMILES string of the molecule is Cc1ncc(CC(=O)O)c(C(F)F)c1Cl. The molecule has 1 aromatic rings. The van der Waals surface area contributed by atoms with Crippen molar-refractivity contribution in [2.24, 2.45) is 0 Å². The molecule has 1 aromatic heterocycles. The van der Waals surface area contributed by atoms with Crippen LogP contribution in [0.1, 0.15) is 23.2 Å². The molecule has 0 saturated heterocycles. The maximum Gasteiger partial charge on any atom is 0.307 e. The summed E-state index contributed by atoms with van der Waals surface area (Å²) in [5.41, 5.74) is -0.222. The number of aromatic nitrogens is 1. The molecule has 0 amide bonds. The summed E-state index contributed by atoms with van der Waals surface area (Å²) in [6, 6.07) is 0. The maximum atomic E-state index is 12.6. The van der Waals surface area contributed by atoms with Gasteiger partial charge in [0, 0.05) is 11.8 Å². The van der Waals surface area contributed by atoms with Crippen LogP contribution in [-0.2, 0) is 11.2 Å². The summed E-state index contributed by atoms with van der Waals surface area (Å²) in [5, 5.41) is 8.35. The van der Waals surface area contributed by atoms with Crippen molar-refractivity contribution in [3.05, 3.63) is 28.0 Å². The number of nitrogens with zero attached hydrogens (tertiary/aromatic N) is 1. The number of halogens is 3.